The van der Waals surface area contributed by atoms with Gasteiger partial charge in [-0.1, -0.05) is 87.3 Å². The highest BCUT2D eigenvalue weighted by molar-refractivity contribution is 6.18. The summed E-state index contributed by atoms with van der Waals surface area (Å²) < 4.78 is 12.9. The molecule has 4 aliphatic rings. The van der Waals surface area contributed by atoms with Gasteiger partial charge in [-0.25, -0.2) is 0 Å². The fourth-order valence-corrected chi connectivity index (χ4v) is 8.46. The topological polar surface area (TPSA) is 69.7 Å². The monoisotopic (exact) mass is 554 g/mol. The average Bonchev–Trinajstić information content (AvgIpc) is 3.15. The molecule has 0 unspecified atom stereocenters. The van der Waals surface area contributed by atoms with Crippen LogP contribution in [0.5, 0.6) is 0 Å². The van der Waals surface area contributed by atoms with E-state index in [-0.39, 0.29) is 42.7 Å². The number of carbonyl (C=O) groups is 3. The van der Waals surface area contributed by atoms with Crippen molar-refractivity contribution in [3.8, 4) is 0 Å². The van der Waals surface area contributed by atoms with Crippen LogP contribution in [0.15, 0.2) is 23.8 Å². The highest BCUT2D eigenvalue weighted by atomic mass is 16.6. The molecule has 0 aromatic heterocycles. The highest BCUT2D eigenvalue weighted by Crippen LogP contribution is 2.63. The first kappa shape index (κ1) is 31.0. The molecule has 0 spiro atoms. The van der Waals surface area contributed by atoms with E-state index in [2.05, 4.69) is 41.5 Å². The van der Waals surface area contributed by atoms with Gasteiger partial charge in [0, 0.05) is 0 Å². The zero-order chi connectivity index (χ0) is 29.6. The molecule has 0 N–H and O–H groups in total. The molecule has 0 heterocycles. The van der Waals surface area contributed by atoms with E-state index < -0.39 is 28.2 Å². The Kier molecular flexibility index (Phi) is 8.85. The Hall–Kier alpha value is -1.91. The standard InChI is InChI=1S/C35H54O5/c1-21(2)25-14-12-23(5)18-27(25)39-31(37)34-16-10-11-17-35(34,30(36)20-29(34)33(7,8)9)32(38)40-28-19-24(6)13-15-26(28)22(3)4/h10-11,20-28H,12-19H2,1-9H3/t23-,24-,25+,26+,27-,28-,34+,35-/m0/s1. The van der Waals surface area contributed by atoms with Crippen molar-refractivity contribution in [3.63, 3.8) is 0 Å². The molecule has 2 fully saturated rings. The maximum absolute atomic E-state index is 14.7. The molecule has 0 aromatic carbocycles. The van der Waals surface area contributed by atoms with Gasteiger partial charge in [-0.2, -0.15) is 0 Å². The van der Waals surface area contributed by atoms with Gasteiger partial charge >= 0.3 is 11.9 Å². The molecule has 0 radical (unpaired) electrons. The Morgan fingerprint density at radius 2 is 1.20 bits per heavy atom. The first-order valence-corrected chi connectivity index (χ1v) is 16.0. The van der Waals surface area contributed by atoms with Gasteiger partial charge in [-0.15, -0.1) is 0 Å². The minimum atomic E-state index is -1.61. The molecule has 224 valence electrons. The number of carbonyl (C=O) groups excluding carboxylic acids is 3. The Balaban J connectivity index is 1.77. The number of fused-ring (bicyclic) bond motifs is 1. The zero-order valence-electron chi connectivity index (χ0n) is 26.5. The van der Waals surface area contributed by atoms with Crippen LogP contribution in [0, 0.1) is 51.8 Å². The number of ketones is 1. The fraction of sp³-hybridized carbons (Fsp3) is 0.800. The summed E-state index contributed by atoms with van der Waals surface area (Å²) in [5, 5.41) is 0. The van der Waals surface area contributed by atoms with Crippen molar-refractivity contribution in [1.29, 1.82) is 0 Å². The summed E-state index contributed by atoms with van der Waals surface area (Å²) in [6, 6.07) is 0. The molecule has 40 heavy (non-hydrogen) atoms. The number of ether oxygens (including phenoxy) is 2. The van der Waals surface area contributed by atoms with Gasteiger partial charge in [0.2, 0.25) is 0 Å². The lowest BCUT2D eigenvalue weighted by Gasteiger charge is -2.49. The molecule has 4 rings (SSSR count). The maximum Gasteiger partial charge on any atom is 0.322 e. The van der Waals surface area contributed by atoms with E-state index in [0.717, 1.165) is 38.5 Å². The number of rotatable bonds is 6. The number of hydrogen-bond donors (Lipinski definition) is 0. The molecule has 5 nitrogen and oxygen atoms in total. The third-order valence-electron chi connectivity index (χ3n) is 10.8. The van der Waals surface area contributed by atoms with Gasteiger partial charge < -0.3 is 9.47 Å². The highest BCUT2D eigenvalue weighted by Gasteiger charge is 2.72. The van der Waals surface area contributed by atoms with E-state index in [1.54, 1.807) is 6.08 Å². The lowest BCUT2D eigenvalue weighted by molar-refractivity contribution is -0.191. The first-order chi connectivity index (χ1) is 18.6. The molecule has 0 amide bonds. The fourth-order valence-electron chi connectivity index (χ4n) is 8.46. The van der Waals surface area contributed by atoms with Crippen LogP contribution in [0.25, 0.3) is 0 Å². The molecule has 0 aromatic rings. The number of hydrogen-bond acceptors (Lipinski definition) is 5. The smallest absolute Gasteiger partial charge is 0.322 e. The van der Waals surface area contributed by atoms with Crippen molar-refractivity contribution in [1.82, 2.24) is 0 Å². The lowest BCUT2D eigenvalue weighted by Crippen LogP contribution is -2.59. The first-order valence-electron chi connectivity index (χ1n) is 16.0. The minimum absolute atomic E-state index is 0.166. The van der Waals surface area contributed by atoms with E-state index in [4.69, 9.17) is 9.47 Å². The summed E-state index contributed by atoms with van der Waals surface area (Å²) in [6.45, 7) is 19.3. The predicted octanol–water partition coefficient (Wildman–Crippen LogP) is 7.87. The third kappa shape index (κ3) is 5.24. The van der Waals surface area contributed by atoms with Crippen LogP contribution in [-0.2, 0) is 23.9 Å². The second-order valence-corrected chi connectivity index (χ2v) is 15.4. The Bertz CT molecular complexity index is 1040. The second kappa shape index (κ2) is 11.4. The summed E-state index contributed by atoms with van der Waals surface area (Å²) in [5.74, 6) is 0.947. The van der Waals surface area contributed by atoms with Gasteiger partial charge in [0.1, 0.15) is 17.6 Å². The van der Waals surface area contributed by atoms with Gasteiger partial charge in [0.05, 0.1) is 0 Å². The molecular formula is C35H54O5. The summed E-state index contributed by atoms with van der Waals surface area (Å²) in [7, 11) is 0. The molecule has 8 atom stereocenters. The average molecular weight is 555 g/mol. The second-order valence-electron chi connectivity index (χ2n) is 15.4. The zero-order valence-corrected chi connectivity index (χ0v) is 26.5. The van der Waals surface area contributed by atoms with Crippen LogP contribution in [0.4, 0.5) is 0 Å². The molecule has 0 saturated heterocycles. The van der Waals surface area contributed by atoms with Crippen LogP contribution < -0.4 is 0 Å². The van der Waals surface area contributed by atoms with Crippen molar-refractivity contribution >= 4 is 17.7 Å². The third-order valence-corrected chi connectivity index (χ3v) is 10.8. The number of esters is 2. The van der Waals surface area contributed by atoms with Crippen LogP contribution in [0.1, 0.15) is 114 Å². The van der Waals surface area contributed by atoms with Crippen molar-refractivity contribution < 1.29 is 23.9 Å². The predicted molar refractivity (Wildman–Crippen MR) is 158 cm³/mol. The van der Waals surface area contributed by atoms with Crippen molar-refractivity contribution in [3.05, 3.63) is 23.8 Å². The van der Waals surface area contributed by atoms with E-state index in [9.17, 15) is 14.4 Å². The molecule has 4 aliphatic carbocycles. The Morgan fingerprint density at radius 3 is 1.62 bits per heavy atom. The van der Waals surface area contributed by atoms with E-state index in [1.807, 2.05) is 32.9 Å². The van der Waals surface area contributed by atoms with Gasteiger partial charge in [0.15, 0.2) is 11.2 Å². The normalized spacial score (nSPS) is 38.3. The molecule has 2 saturated carbocycles. The Morgan fingerprint density at radius 1 is 0.775 bits per heavy atom. The Labute approximate surface area is 242 Å². The van der Waals surface area contributed by atoms with Gasteiger partial charge in [0.25, 0.3) is 0 Å². The lowest BCUT2D eigenvalue weighted by atomic mass is 9.53. The summed E-state index contributed by atoms with van der Waals surface area (Å²) in [4.78, 5) is 43.4. The van der Waals surface area contributed by atoms with Crippen molar-refractivity contribution in [2.75, 3.05) is 0 Å². The largest absolute Gasteiger partial charge is 0.461 e. The molecule has 5 heteroatoms. The SMILES string of the molecule is CC(C)[C@H]1CC[C@H](C)C[C@@H]1OC(=O)[C@@]12CC=CC[C@]1(C(=O)O[C@H]1C[C@@H](C)CC[C@@H]1C(C)C)C(C(C)(C)C)=CC2=O. The summed E-state index contributed by atoms with van der Waals surface area (Å²) >= 11 is 0. The van der Waals surface area contributed by atoms with Crippen molar-refractivity contribution in [2.45, 2.75) is 126 Å². The van der Waals surface area contributed by atoms with E-state index in [1.165, 1.54) is 0 Å². The van der Waals surface area contributed by atoms with E-state index >= 15 is 0 Å². The van der Waals surface area contributed by atoms with Gasteiger partial charge in [-0.05, 0) is 91.1 Å². The van der Waals surface area contributed by atoms with Crippen LogP contribution >= 0.6 is 0 Å². The quantitative estimate of drug-likeness (QED) is 0.190. The minimum Gasteiger partial charge on any atom is -0.461 e. The van der Waals surface area contributed by atoms with Crippen molar-refractivity contribution in [2.24, 2.45) is 51.8 Å². The molecular weight excluding hydrogens is 500 g/mol. The van der Waals surface area contributed by atoms with Crippen LogP contribution in [0.3, 0.4) is 0 Å². The van der Waals surface area contributed by atoms with Crippen LogP contribution in [-0.4, -0.2) is 29.9 Å². The number of allylic oxidation sites excluding steroid dienone is 3. The molecule has 0 bridgehead atoms. The van der Waals surface area contributed by atoms with Gasteiger partial charge in [-0.3, -0.25) is 14.4 Å². The summed E-state index contributed by atoms with van der Waals surface area (Å²) in [5.41, 5.74) is -2.79. The van der Waals surface area contributed by atoms with Crippen LogP contribution in [0.2, 0.25) is 0 Å². The maximum atomic E-state index is 14.7. The van der Waals surface area contributed by atoms with E-state index in [0.29, 0.717) is 29.2 Å². The summed E-state index contributed by atoms with van der Waals surface area (Å²) in [6.07, 6.45) is 11.3. The molecule has 0 aliphatic heterocycles.